The third kappa shape index (κ3) is 3.75. The van der Waals surface area contributed by atoms with E-state index in [0.717, 1.165) is 6.26 Å². The van der Waals surface area contributed by atoms with Gasteiger partial charge in [0.05, 0.1) is 17.5 Å². The third-order valence-electron chi connectivity index (χ3n) is 4.33. The number of benzene rings is 1. The van der Waals surface area contributed by atoms with Gasteiger partial charge in [0.25, 0.3) is 11.5 Å². The minimum atomic E-state index is -4.68. The van der Waals surface area contributed by atoms with Crippen molar-refractivity contribution >= 4 is 27.3 Å². The Morgan fingerprint density at radius 1 is 1.29 bits per heavy atom. The monoisotopic (exact) mass is 415 g/mol. The quantitative estimate of drug-likeness (QED) is 0.804. The van der Waals surface area contributed by atoms with E-state index in [0.29, 0.717) is 29.9 Å². The molecular weight excluding hydrogens is 399 g/mol. The van der Waals surface area contributed by atoms with E-state index in [4.69, 9.17) is 0 Å². The van der Waals surface area contributed by atoms with Crippen LogP contribution in [0.25, 0.3) is 0 Å². The molecule has 150 valence electrons. The third-order valence-corrected chi connectivity index (χ3v) is 5.60. The molecule has 2 aromatic rings. The molecule has 28 heavy (non-hydrogen) atoms. The Kier molecular flexibility index (Phi) is 4.74. The predicted molar refractivity (Wildman–Crippen MR) is 96.9 cm³/mol. The SMILES string of the molecule is CC1Cc2cc(C(=O)Nc3cc(C(F)(F)F)c[nH]c3=O)ccc2N1S(C)(=O)=O. The zero-order valence-electron chi connectivity index (χ0n) is 14.8. The first-order valence-corrected chi connectivity index (χ1v) is 9.96. The maximum atomic E-state index is 12.8. The van der Waals surface area contributed by atoms with Crippen molar-refractivity contribution in [2.24, 2.45) is 0 Å². The molecule has 0 saturated heterocycles. The van der Waals surface area contributed by atoms with E-state index in [-0.39, 0.29) is 11.6 Å². The number of aromatic amines is 1. The van der Waals surface area contributed by atoms with Crippen molar-refractivity contribution in [3.05, 3.63) is 57.5 Å². The van der Waals surface area contributed by atoms with Crippen LogP contribution >= 0.6 is 0 Å². The van der Waals surface area contributed by atoms with Crippen LogP contribution in [0, 0.1) is 0 Å². The van der Waals surface area contributed by atoms with Crippen LogP contribution < -0.4 is 15.2 Å². The van der Waals surface area contributed by atoms with Crippen molar-refractivity contribution in [2.75, 3.05) is 15.9 Å². The number of carbonyl (C=O) groups excluding carboxylic acids is 1. The predicted octanol–water partition coefficient (Wildman–Crippen LogP) is 2.36. The van der Waals surface area contributed by atoms with Crippen LogP contribution in [0.1, 0.15) is 28.4 Å². The summed E-state index contributed by atoms with van der Waals surface area (Å²) < 4.78 is 63.5. The number of nitrogens with one attached hydrogen (secondary N) is 2. The number of H-pyrrole nitrogens is 1. The van der Waals surface area contributed by atoms with E-state index >= 15 is 0 Å². The second kappa shape index (κ2) is 6.66. The average molecular weight is 415 g/mol. The molecule has 7 nitrogen and oxygen atoms in total. The number of anilines is 2. The second-order valence-corrected chi connectivity index (χ2v) is 8.40. The maximum Gasteiger partial charge on any atom is 0.417 e. The van der Waals surface area contributed by atoms with Crippen molar-refractivity contribution < 1.29 is 26.4 Å². The lowest BCUT2D eigenvalue weighted by atomic mass is 10.1. The second-order valence-electron chi connectivity index (χ2n) is 6.54. The van der Waals surface area contributed by atoms with Crippen LogP contribution in [0.2, 0.25) is 0 Å². The summed E-state index contributed by atoms with van der Waals surface area (Å²) in [4.78, 5) is 26.1. The smallest absolute Gasteiger partial charge is 0.327 e. The highest BCUT2D eigenvalue weighted by Crippen LogP contribution is 2.35. The molecule has 1 aromatic heterocycles. The van der Waals surface area contributed by atoms with Crippen LogP contribution in [-0.4, -0.2) is 31.6 Å². The van der Waals surface area contributed by atoms with Crippen LogP contribution in [0.4, 0.5) is 24.5 Å². The number of amides is 1. The number of pyridine rings is 1. The molecule has 0 spiro atoms. The summed E-state index contributed by atoms with van der Waals surface area (Å²) in [7, 11) is -3.49. The molecule has 0 saturated carbocycles. The standard InChI is InChI=1S/C17H16F3N3O4S/c1-9-5-11-6-10(3-4-14(11)23(9)28(2,26)27)15(24)22-13-7-12(17(18,19)20)8-21-16(13)25/h3-4,6-9H,5H2,1-2H3,(H,21,25)(H,22,24). The van der Waals surface area contributed by atoms with E-state index in [1.807, 2.05) is 4.98 Å². The highest BCUT2D eigenvalue weighted by atomic mass is 32.2. The molecule has 3 rings (SSSR count). The van der Waals surface area contributed by atoms with Gasteiger partial charge in [0, 0.05) is 17.8 Å². The van der Waals surface area contributed by atoms with Crippen LogP contribution in [-0.2, 0) is 22.6 Å². The molecule has 1 amide bonds. The number of aromatic nitrogens is 1. The van der Waals surface area contributed by atoms with Gasteiger partial charge in [-0.25, -0.2) is 8.42 Å². The lowest BCUT2D eigenvalue weighted by Gasteiger charge is -2.21. The van der Waals surface area contributed by atoms with Gasteiger partial charge in [-0.1, -0.05) is 0 Å². The normalized spacial score (nSPS) is 16.8. The minimum Gasteiger partial charge on any atom is -0.327 e. The van der Waals surface area contributed by atoms with Gasteiger partial charge in [-0.2, -0.15) is 13.2 Å². The van der Waals surface area contributed by atoms with Crippen LogP contribution in [0.3, 0.4) is 0 Å². The van der Waals surface area contributed by atoms with Gasteiger partial charge in [-0.05, 0) is 43.2 Å². The van der Waals surface area contributed by atoms with Gasteiger partial charge in [-0.3, -0.25) is 13.9 Å². The topological polar surface area (TPSA) is 99.3 Å². The molecule has 11 heteroatoms. The first kappa shape index (κ1) is 19.9. The molecular formula is C17H16F3N3O4S. The minimum absolute atomic E-state index is 0.0955. The zero-order chi connectivity index (χ0) is 20.9. The van der Waals surface area contributed by atoms with Gasteiger partial charge < -0.3 is 10.3 Å². The Balaban J connectivity index is 1.90. The Morgan fingerprint density at radius 3 is 2.57 bits per heavy atom. The first-order valence-electron chi connectivity index (χ1n) is 8.11. The highest BCUT2D eigenvalue weighted by molar-refractivity contribution is 7.92. The van der Waals surface area contributed by atoms with Gasteiger partial charge in [0.2, 0.25) is 10.0 Å². The van der Waals surface area contributed by atoms with Crippen molar-refractivity contribution in [1.82, 2.24) is 4.98 Å². The number of rotatable bonds is 3. The lowest BCUT2D eigenvalue weighted by molar-refractivity contribution is -0.137. The van der Waals surface area contributed by atoms with E-state index in [1.54, 1.807) is 6.92 Å². The Morgan fingerprint density at radius 2 is 1.96 bits per heavy atom. The summed E-state index contributed by atoms with van der Waals surface area (Å²) in [5.41, 5.74) is -1.36. The van der Waals surface area contributed by atoms with Gasteiger partial charge in [0.15, 0.2) is 0 Å². The molecule has 2 heterocycles. The van der Waals surface area contributed by atoms with E-state index in [2.05, 4.69) is 5.32 Å². The summed E-state index contributed by atoms with van der Waals surface area (Å²) in [5, 5.41) is 2.17. The summed E-state index contributed by atoms with van der Waals surface area (Å²) >= 11 is 0. The van der Waals surface area contributed by atoms with Crippen molar-refractivity contribution in [1.29, 1.82) is 0 Å². The number of hydrogen-bond donors (Lipinski definition) is 2. The Labute approximate surface area is 158 Å². The van der Waals surface area contributed by atoms with Crippen LogP contribution in [0.15, 0.2) is 35.3 Å². The molecule has 0 radical (unpaired) electrons. The summed E-state index contributed by atoms with van der Waals surface area (Å²) in [6, 6.07) is 4.51. The molecule has 0 aliphatic carbocycles. The van der Waals surface area contributed by atoms with Crippen molar-refractivity contribution in [3.63, 3.8) is 0 Å². The molecule has 0 bridgehead atoms. The lowest BCUT2D eigenvalue weighted by Crippen LogP contribution is -2.34. The molecule has 1 atom stereocenters. The van der Waals surface area contributed by atoms with Gasteiger partial charge in [-0.15, -0.1) is 0 Å². The summed E-state index contributed by atoms with van der Waals surface area (Å²) in [6.45, 7) is 1.73. The van der Waals surface area contributed by atoms with Crippen molar-refractivity contribution in [3.8, 4) is 0 Å². The fourth-order valence-corrected chi connectivity index (χ4v) is 4.45. The van der Waals surface area contributed by atoms with Gasteiger partial charge >= 0.3 is 6.18 Å². The highest BCUT2D eigenvalue weighted by Gasteiger charge is 2.33. The maximum absolute atomic E-state index is 12.8. The largest absolute Gasteiger partial charge is 0.417 e. The molecule has 1 aliphatic heterocycles. The van der Waals surface area contributed by atoms with E-state index in [9.17, 15) is 31.2 Å². The first-order chi connectivity index (χ1) is 12.9. The number of carbonyl (C=O) groups is 1. The molecule has 1 unspecified atom stereocenters. The van der Waals surface area contributed by atoms with E-state index < -0.39 is 38.9 Å². The van der Waals surface area contributed by atoms with E-state index in [1.165, 1.54) is 22.5 Å². The number of hydrogen-bond acceptors (Lipinski definition) is 4. The fraction of sp³-hybridized carbons (Fsp3) is 0.294. The van der Waals surface area contributed by atoms with Crippen molar-refractivity contribution in [2.45, 2.75) is 25.6 Å². The molecule has 2 N–H and O–H groups in total. The number of halogens is 3. The molecule has 1 aliphatic rings. The van der Waals surface area contributed by atoms with Gasteiger partial charge in [0.1, 0.15) is 5.69 Å². The molecule has 1 aromatic carbocycles. The average Bonchev–Trinajstić information content (AvgIpc) is 2.90. The van der Waals surface area contributed by atoms with Crippen LogP contribution in [0.5, 0.6) is 0 Å². The molecule has 0 fully saturated rings. The number of sulfonamides is 1. The Bertz CT molecular complexity index is 1110. The number of nitrogens with zero attached hydrogens (tertiary/aromatic N) is 1. The number of alkyl halides is 3. The summed E-state index contributed by atoms with van der Waals surface area (Å²) in [5.74, 6) is -0.780. The Hall–Kier alpha value is -2.82. The summed E-state index contributed by atoms with van der Waals surface area (Å²) in [6.07, 6.45) is -2.69. The number of fused-ring (bicyclic) bond motifs is 1. The fourth-order valence-electron chi connectivity index (χ4n) is 3.18. The zero-order valence-corrected chi connectivity index (χ0v) is 15.6.